The molecule has 0 bridgehead atoms. The average molecular weight is 570 g/mol. The predicted octanol–water partition coefficient (Wildman–Crippen LogP) is 7.11. The summed E-state index contributed by atoms with van der Waals surface area (Å²) in [7, 11) is 3.24. The Kier molecular flexibility index (Phi) is 9.41. The highest BCUT2D eigenvalue weighted by atomic mass is 35.5. The third-order valence-electron chi connectivity index (χ3n) is 7.35. The molecule has 206 valence electrons. The van der Waals surface area contributed by atoms with E-state index in [4.69, 9.17) is 32.7 Å². The molecule has 0 radical (unpaired) electrons. The first-order valence-corrected chi connectivity index (χ1v) is 13.9. The molecule has 2 amide bonds. The van der Waals surface area contributed by atoms with E-state index >= 15 is 0 Å². The summed E-state index contributed by atoms with van der Waals surface area (Å²) >= 11 is 12.3. The van der Waals surface area contributed by atoms with Crippen LogP contribution >= 0.6 is 23.2 Å². The minimum absolute atomic E-state index is 0.0530. The van der Waals surface area contributed by atoms with Crippen LogP contribution < -0.4 is 20.1 Å². The molecule has 1 saturated carbocycles. The van der Waals surface area contributed by atoms with E-state index in [0.29, 0.717) is 40.1 Å². The van der Waals surface area contributed by atoms with Crippen LogP contribution in [0.2, 0.25) is 10.0 Å². The third-order valence-corrected chi connectivity index (χ3v) is 7.98. The fraction of sp³-hybridized carbons (Fsp3) is 0.355. The van der Waals surface area contributed by atoms with Gasteiger partial charge in [-0.1, -0.05) is 60.3 Å². The van der Waals surface area contributed by atoms with Crippen molar-refractivity contribution < 1.29 is 19.1 Å². The molecule has 39 heavy (non-hydrogen) atoms. The van der Waals surface area contributed by atoms with Crippen molar-refractivity contribution in [3.05, 3.63) is 87.4 Å². The summed E-state index contributed by atoms with van der Waals surface area (Å²) in [4.78, 5) is 26.2. The lowest BCUT2D eigenvalue weighted by Crippen LogP contribution is -2.45. The molecule has 2 N–H and O–H groups in total. The van der Waals surface area contributed by atoms with Gasteiger partial charge in [0.15, 0.2) is 11.5 Å². The quantitative estimate of drug-likeness (QED) is 0.273. The third kappa shape index (κ3) is 6.87. The standard InChI is InChI=1S/C31H34Cl2N2O4/c1-20(17-21-9-12-23(13-10-21)35-29(36)28-24(32)7-6-8-25(28)33)34-30(37)31(15-4-5-16-31)19-22-11-14-26(38-2)27(18-22)39-3/h6-14,18,20H,4-5,15-17,19H2,1-3H3,(H,34,37)(H,35,36). The van der Waals surface area contributed by atoms with Gasteiger partial charge in [-0.05, 0) is 80.1 Å². The first-order chi connectivity index (χ1) is 18.7. The maximum absolute atomic E-state index is 13.6. The average Bonchev–Trinajstić information content (AvgIpc) is 3.39. The highest BCUT2D eigenvalue weighted by molar-refractivity contribution is 6.40. The zero-order chi connectivity index (χ0) is 28.0. The molecule has 0 aromatic heterocycles. The molecule has 0 heterocycles. The lowest BCUT2D eigenvalue weighted by molar-refractivity contribution is -0.131. The van der Waals surface area contributed by atoms with Crippen molar-refractivity contribution in [3.8, 4) is 11.5 Å². The van der Waals surface area contributed by atoms with E-state index in [1.807, 2.05) is 49.4 Å². The van der Waals surface area contributed by atoms with Gasteiger partial charge in [0.2, 0.25) is 5.91 Å². The summed E-state index contributed by atoms with van der Waals surface area (Å²) in [6.45, 7) is 2.02. The van der Waals surface area contributed by atoms with Crippen LogP contribution in [0.25, 0.3) is 0 Å². The second-order valence-corrected chi connectivity index (χ2v) is 11.0. The number of hydrogen-bond donors (Lipinski definition) is 2. The summed E-state index contributed by atoms with van der Waals surface area (Å²) in [5.74, 6) is 1.09. The van der Waals surface area contributed by atoms with Crippen molar-refractivity contribution in [1.82, 2.24) is 5.32 Å². The van der Waals surface area contributed by atoms with Gasteiger partial charge in [0.1, 0.15) is 0 Å². The van der Waals surface area contributed by atoms with Gasteiger partial charge in [0, 0.05) is 11.7 Å². The molecule has 1 aliphatic carbocycles. The number of nitrogens with one attached hydrogen (secondary N) is 2. The van der Waals surface area contributed by atoms with E-state index in [2.05, 4.69) is 10.6 Å². The summed E-state index contributed by atoms with van der Waals surface area (Å²) in [5.41, 5.74) is 2.57. The lowest BCUT2D eigenvalue weighted by atomic mass is 9.78. The normalized spacial score (nSPS) is 14.9. The number of carbonyl (C=O) groups is 2. The molecule has 8 heteroatoms. The predicted molar refractivity (Wildman–Crippen MR) is 156 cm³/mol. The minimum atomic E-state index is -0.429. The van der Waals surface area contributed by atoms with E-state index in [-0.39, 0.29) is 23.4 Å². The van der Waals surface area contributed by atoms with Gasteiger partial charge >= 0.3 is 0 Å². The first kappa shape index (κ1) is 28.8. The highest BCUT2D eigenvalue weighted by Gasteiger charge is 2.41. The smallest absolute Gasteiger partial charge is 0.258 e. The Hall–Kier alpha value is -3.22. The molecule has 0 saturated heterocycles. The van der Waals surface area contributed by atoms with Crippen LogP contribution in [0.15, 0.2) is 60.7 Å². The molecule has 1 atom stereocenters. The maximum atomic E-state index is 13.6. The monoisotopic (exact) mass is 568 g/mol. The van der Waals surface area contributed by atoms with Gasteiger partial charge < -0.3 is 20.1 Å². The molecular formula is C31H34Cl2N2O4. The zero-order valence-electron chi connectivity index (χ0n) is 22.5. The summed E-state index contributed by atoms with van der Waals surface area (Å²) in [5, 5.41) is 6.71. The fourth-order valence-electron chi connectivity index (χ4n) is 5.33. The van der Waals surface area contributed by atoms with Crippen molar-refractivity contribution in [2.45, 2.75) is 51.5 Å². The molecule has 0 spiro atoms. The van der Waals surface area contributed by atoms with Gasteiger partial charge in [0.25, 0.3) is 5.91 Å². The largest absolute Gasteiger partial charge is 0.493 e. The number of hydrogen-bond acceptors (Lipinski definition) is 4. The van der Waals surface area contributed by atoms with Crippen LogP contribution in [0.3, 0.4) is 0 Å². The second-order valence-electron chi connectivity index (χ2n) is 10.2. The van der Waals surface area contributed by atoms with E-state index < -0.39 is 5.41 Å². The number of methoxy groups -OCH3 is 2. The fourth-order valence-corrected chi connectivity index (χ4v) is 5.90. The van der Waals surface area contributed by atoms with Gasteiger partial charge in [-0.3, -0.25) is 9.59 Å². The SMILES string of the molecule is COc1ccc(CC2(C(=O)NC(C)Cc3ccc(NC(=O)c4c(Cl)cccc4Cl)cc3)CCCC2)cc1OC. The van der Waals surface area contributed by atoms with Crippen LogP contribution in [0, 0.1) is 5.41 Å². The van der Waals surface area contributed by atoms with Crippen LogP contribution in [0.5, 0.6) is 11.5 Å². The van der Waals surface area contributed by atoms with Gasteiger partial charge in [-0.2, -0.15) is 0 Å². The van der Waals surface area contributed by atoms with Gasteiger partial charge in [0.05, 0.1) is 35.2 Å². The second kappa shape index (κ2) is 12.8. The first-order valence-electron chi connectivity index (χ1n) is 13.1. The summed E-state index contributed by atoms with van der Waals surface area (Å²) in [6, 6.07) is 18.3. The number of anilines is 1. The molecule has 1 aliphatic rings. The Balaban J connectivity index is 1.37. The molecule has 4 rings (SSSR count). The molecular weight excluding hydrogens is 535 g/mol. The van der Waals surface area contributed by atoms with Gasteiger partial charge in [-0.25, -0.2) is 0 Å². The van der Waals surface area contributed by atoms with E-state index in [0.717, 1.165) is 36.8 Å². The van der Waals surface area contributed by atoms with Crippen LogP contribution in [0.4, 0.5) is 5.69 Å². The van der Waals surface area contributed by atoms with Crippen molar-refractivity contribution in [2.24, 2.45) is 5.41 Å². The molecule has 1 unspecified atom stereocenters. The zero-order valence-corrected chi connectivity index (χ0v) is 24.0. The Morgan fingerprint density at radius 2 is 1.51 bits per heavy atom. The van der Waals surface area contributed by atoms with Crippen molar-refractivity contribution in [1.29, 1.82) is 0 Å². The number of benzene rings is 3. The number of halogens is 2. The number of amides is 2. The lowest BCUT2D eigenvalue weighted by Gasteiger charge is -2.30. The van der Waals surface area contributed by atoms with Crippen molar-refractivity contribution in [2.75, 3.05) is 19.5 Å². The Bertz CT molecular complexity index is 1300. The summed E-state index contributed by atoms with van der Waals surface area (Å²) in [6.07, 6.45) is 5.15. The maximum Gasteiger partial charge on any atom is 0.258 e. The Morgan fingerprint density at radius 3 is 2.13 bits per heavy atom. The van der Waals surface area contributed by atoms with Crippen LogP contribution in [-0.2, 0) is 17.6 Å². The van der Waals surface area contributed by atoms with Crippen LogP contribution in [0.1, 0.15) is 54.1 Å². The molecule has 6 nitrogen and oxygen atoms in total. The van der Waals surface area contributed by atoms with Crippen molar-refractivity contribution >= 4 is 40.7 Å². The Morgan fingerprint density at radius 1 is 0.897 bits per heavy atom. The molecule has 1 fully saturated rings. The molecule has 3 aromatic rings. The van der Waals surface area contributed by atoms with E-state index in [9.17, 15) is 9.59 Å². The van der Waals surface area contributed by atoms with E-state index in [1.54, 1.807) is 32.4 Å². The van der Waals surface area contributed by atoms with Crippen molar-refractivity contribution in [3.63, 3.8) is 0 Å². The van der Waals surface area contributed by atoms with E-state index in [1.165, 1.54) is 0 Å². The topological polar surface area (TPSA) is 76.7 Å². The summed E-state index contributed by atoms with van der Waals surface area (Å²) < 4.78 is 10.8. The number of rotatable bonds is 10. The number of ether oxygens (including phenoxy) is 2. The highest BCUT2D eigenvalue weighted by Crippen LogP contribution is 2.42. The Labute approximate surface area is 240 Å². The molecule has 3 aromatic carbocycles. The van der Waals surface area contributed by atoms with Gasteiger partial charge in [-0.15, -0.1) is 0 Å². The minimum Gasteiger partial charge on any atom is -0.493 e. The van der Waals surface area contributed by atoms with Crippen LogP contribution in [-0.4, -0.2) is 32.1 Å². The molecule has 0 aliphatic heterocycles. The number of carbonyl (C=O) groups excluding carboxylic acids is 2.